The average molecular weight is 221 g/mol. The molecule has 1 aliphatic rings. The van der Waals surface area contributed by atoms with Crippen LogP contribution in [0.15, 0.2) is 12.1 Å². The van der Waals surface area contributed by atoms with E-state index in [1.165, 1.54) is 0 Å². The Balaban J connectivity index is 2.05. The van der Waals surface area contributed by atoms with Crippen molar-refractivity contribution in [1.29, 1.82) is 0 Å². The minimum atomic E-state index is 0.284. The Bertz CT molecular complexity index is 367. The van der Waals surface area contributed by atoms with Crippen LogP contribution in [0.5, 0.6) is 0 Å². The van der Waals surface area contributed by atoms with Gasteiger partial charge in [-0.3, -0.25) is 0 Å². The van der Waals surface area contributed by atoms with Crippen molar-refractivity contribution in [2.24, 2.45) is 5.92 Å². The second kappa shape index (κ2) is 4.70. The number of nitrogens with zero attached hydrogens (tertiary/aromatic N) is 2. The van der Waals surface area contributed by atoms with Gasteiger partial charge < -0.3 is 15.7 Å². The molecule has 16 heavy (non-hydrogen) atoms. The van der Waals surface area contributed by atoms with Crippen molar-refractivity contribution >= 4 is 11.5 Å². The first-order valence-electron chi connectivity index (χ1n) is 5.79. The largest absolute Gasteiger partial charge is 0.397 e. The summed E-state index contributed by atoms with van der Waals surface area (Å²) in [4.78, 5) is 6.76. The Labute approximate surface area is 96.1 Å². The fraction of sp³-hybridized carbons (Fsp3) is 0.583. The lowest BCUT2D eigenvalue weighted by atomic mass is 10.1. The van der Waals surface area contributed by atoms with E-state index in [1.807, 2.05) is 19.1 Å². The normalized spacial score (nSPS) is 20.4. The van der Waals surface area contributed by atoms with Crippen molar-refractivity contribution in [3.05, 3.63) is 17.8 Å². The zero-order chi connectivity index (χ0) is 11.5. The van der Waals surface area contributed by atoms with Crippen molar-refractivity contribution in [3.8, 4) is 0 Å². The molecule has 2 rings (SSSR count). The molecule has 1 aromatic heterocycles. The van der Waals surface area contributed by atoms with Crippen LogP contribution in [0.25, 0.3) is 0 Å². The molecule has 0 spiro atoms. The van der Waals surface area contributed by atoms with Crippen molar-refractivity contribution in [1.82, 2.24) is 4.98 Å². The molecule has 1 fully saturated rings. The van der Waals surface area contributed by atoms with Crippen LogP contribution in [0.4, 0.5) is 11.5 Å². The van der Waals surface area contributed by atoms with Crippen LogP contribution in [0, 0.1) is 12.8 Å². The smallest absolute Gasteiger partial charge is 0.128 e. The van der Waals surface area contributed by atoms with E-state index in [0.717, 1.165) is 43.1 Å². The third-order valence-corrected chi connectivity index (χ3v) is 3.26. The van der Waals surface area contributed by atoms with Crippen LogP contribution in [-0.4, -0.2) is 29.8 Å². The topological polar surface area (TPSA) is 62.4 Å². The quantitative estimate of drug-likeness (QED) is 0.804. The summed E-state index contributed by atoms with van der Waals surface area (Å²) in [7, 11) is 0. The Morgan fingerprint density at radius 2 is 2.38 bits per heavy atom. The van der Waals surface area contributed by atoms with Gasteiger partial charge in [-0.2, -0.15) is 0 Å². The molecule has 3 N–H and O–H groups in total. The number of aliphatic hydroxyl groups is 1. The third kappa shape index (κ3) is 2.27. The van der Waals surface area contributed by atoms with Gasteiger partial charge >= 0.3 is 0 Å². The number of pyridine rings is 1. The lowest BCUT2D eigenvalue weighted by Gasteiger charge is -2.18. The van der Waals surface area contributed by atoms with E-state index in [4.69, 9.17) is 10.8 Å². The van der Waals surface area contributed by atoms with Gasteiger partial charge in [0.1, 0.15) is 5.82 Å². The number of aromatic nitrogens is 1. The van der Waals surface area contributed by atoms with Gasteiger partial charge in [-0.05, 0) is 37.8 Å². The number of nitrogen functional groups attached to an aromatic ring is 1. The maximum atomic E-state index is 8.91. The second-order valence-electron chi connectivity index (χ2n) is 4.46. The zero-order valence-corrected chi connectivity index (χ0v) is 9.69. The minimum absolute atomic E-state index is 0.284. The van der Waals surface area contributed by atoms with Crippen molar-refractivity contribution in [2.75, 3.05) is 30.3 Å². The summed E-state index contributed by atoms with van der Waals surface area (Å²) in [6, 6.07) is 3.89. The molecule has 4 heteroatoms. The van der Waals surface area contributed by atoms with E-state index in [-0.39, 0.29) is 6.61 Å². The monoisotopic (exact) mass is 221 g/mol. The van der Waals surface area contributed by atoms with Crippen LogP contribution in [0.1, 0.15) is 18.5 Å². The van der Waals surface area contributed by atoms with Gasteiger partial charge in [-0.15, -0.1) is 0 Å². The summed E-state index contributed by atoms with van der Waals surface area (Å²) in [6.45, 7) is 4.24. The van der Waals surface area contributed by atoms with E-state index < -0.39 is 0 Å². The van der Waals surface area contributed by atoms with Crippen LogP contribution in [0.2, 0.25) is 0 Å². The first-order chi connectivity index (χ1) is 7.70. The summed E-state index contributed by atoms with van der Waals surface area (Å²) in [5.41, 5.74) is 7.39. The SMILES string of the molecule is Cc1nc(N2CCC(CCO)C2)ccc1N. The molecule has 88 valence electrons. The van der Waals surface area contributed by atoms with E-state index >= 15 is 0 Å². The van der Waals surface area contributed by atoms with Gasteiger partial charge in [0.2, 0.25) is 0 Å². The highest BCUT2D eigenvalue weighted by Crippen LogP contribution is 2.25. The lowest BCUT2D eigenvalue weighted by molar-refractivity contribution is 0.263. The molecule has 2 heterocycles. The molecule has 0 radical (unpaired) electrons. The highest BCUT2D eigenvalue weighted by molar-refractivity contribution is 5.50. The molecular weight excluding hydrogens is 202 g/mol. The van der Waals surface area contributed by atoms with Gasteiger partial charge in [0, 0.05) is 19.7 Å². The maximum absolute atomic E-state index is 8.91. The molecule has 0 bridgehead atoms. The molecule has 1 saturated heterocycles. The standard InChI is InChI=1S/C12H19N3O/c1-9-11(13)2-3-12(14-9)15-6-4-10(8-15)5-7-16/h2-3,10,16H,4-8,13H2,1H3. The van der Waals surface area contributed by atoms with Crippen LogP contribution in [0.3, 0.4) is 0 Å². The molecule has 0 aliphatic carbocycles. The Hall–Kier alpha value is -1.29. The van der Waals surface area contributed by atoms with Gasteiger partial charge in [0.05, 0.1) is 11.4 Å². The first-order valence-corrected chi connectivity index (χ1v) is 5.79. The fourth-order valence-electron chi connectivity index (χ4n) is 2.19. The minimum Gasteiger partial charge on any atom is -0.397 e. The molecular formula is C12H19N3O. The molecule has 1 aromatic rings. The molecule has 0 saturated carbocycles. The van der Waals surface area contributed by atoms with Gasteiger partial charge in [0.15, 0.2) is 0 Å². The average Bonchev–Trinajstić information content (AvgIpc) is 2.71. The zero-order valence-electron chi connectivity index (χ0n) is 9.69. The highest BCUT2D eigenvalue weighted by atomic mass is 16.3. The summed E-state index contributed by atoms with van der Waals surface area (Å²) in [5, 5.41) is 8.91. The van der Waals surface area contributed by atoms with Gasteiger partial charge in [-0.1, -0.05) is 0 Å². The Morgan fingerprint density at radius 1 is 1.56 bits per heavy atom. The number of nitrogens with two attached hydrogens (primary N) is 1. The first kappa shape index (κ1) is 11.2. The Kier molecular flexibility index (Phi) is 3.29. The second-order valence-corrected chi connectivity index (χ2v) is 4.46. The van der Waals surface area contributed by atoms with Crippen molar-refractivity contribution < 1.29 is 5.11 Å². The predicted molar refractivity (Wildman–Crippen MR) is 65.4 cm³/mol. The number of aryl methyl sites for hydroxylation is 1. The number of aliphatic hydroxyl groups excluding tert-OH is 1. The van der Waals surface area contributed by atoms with Crippen LogP contribution >= 0.6 is 0 Å². The van der Waals surface area contributed by atoms with Gasteiger partial charge in [-0.25, -0.2) is 4.98 Å². The van der Waals surface area contributed by atoms with E-state index in [1.54, 1.807) is 0 Å². The maximum Gasteiger partial charge on any atom is 0.128 e. The Morgan fingerprint density at radius 3 is 3.06 bits per heavy atom. The highest BCUT2D eigenvalue weighted by Gasteiger charge is 2.22. The number of anilines is 2. The number of rotatable bonds is 3. The lowest BCUT2D eigenvalue weighted by Crippen LogP contribution is -2.21. The molecule has 0 aromatic carbocycles. The van der Waals surface area contributed by atoms with Crippen molar-refractivity contribution in [3.63, 3.8) is 0 Å². The molecule has 1 unspecified atom stereocenters. The summed E-state index contributed by atoms with van der Waals surface area (Å²) in [6.07, 6.45) is 2.04. The molecule has 0 amide bonds. The van der Waals surface area contributed by atoms with Crippen molar-refractivity contribution in [2.45, 2.75) is 19.8 Å². The van der Waals surface area contributed by atoms with Gasteiger partial charge in [0.25, 0.3) is 0 Å². The number of hydrogen-bond acceptors (Lipinski definition) is 4. The summed E-state index contributed by atoms with van der Waals surface area (Å²) < 4.78 is 0. The molecule has 1 atom stereocenters. The van der Waals surface area contributed by atoms with Crippen LogP contribution in [-0.2, 0) is 0 Å². The number of hydrogen-bond donors (Lipinski definition) is 2. The van der Waals surface area contributed by atoms with Crippen LogP contribution < -0.4 is 10.6 Å². The predicted octanol–water partition coefficient (Wildman–Crippen LogP) is 1.18. The molecule has 4 nitrogen and oxygen atoms in total. The van der Waals surface area contributed by atoms with E-state index in [2.05, 4.69) is 9.88 Å². The fourth-order valence-corrected chi connectivity index (χ4v) is 2.19. The molecule has 1 aliphatic heterocycles. The van der Waals surface area contributed by atoms with E-state index in [0.29, 0.717) is 5.92 Å². The summed E-state index contributed by atoms with van der Waals surface area (Å²) in [5.74, 6) is 1.61. The third-order valence-electron chi connectivity index (χ3n) is 3.26. The summed E-state index contributed by atoms with van der Waals surface area (Å²) >= 11 is 0. The van der Waals surface area contributed by atoms with E-state index in [9.17, 15) is 0 Å².